The van der Waals surface area contributed by atoms with Crippen molar-refractivity contribution in [2.45, 2.75) is 39.0 Å². The second-order valence-electron chi connectivity index (χ2n) is 9.99. The van der Waals surface area contributed by atoms with E-state index in [0.717, 1.165) is 47.1 Å². The first-order valence-corrected chi connectivity index (χ1v) is 14.9. The van der Waals surface area contributed by atoms with Gasteiger partial charge in [0.15, 0.2) is 11.0 Å². The molecule has 4 aromatic rings. The summed E-state index contributed by atoms with van der Waals surface area (Å²) in [7, 11) is 0. The fourth-order valence-electron chi connectivity index (χ4n) is 4.71. The van der Waals surface area contributed by atoms with Crippen LogP contribution >= 0.6 is 11.8 Å². The highest BCUT2D eigenvalue weighted by molar-refractivity contribution is 8.14. The molecule has 0 radical (unpaired) electrons. The molecule has 0 bridgehead atoms. The number of benzene rings is 3. The van der Waals surface area contributed by atoms with Crippen LogP contribution < -0.4 is 15.0 Å². The number of amides is 2. The van der Waals surface area contributed by atoms with Gasteiger partial charge in [-0.3, -0.25) is 0 Å². The molecular weight excluding hydrogens is 577 g/mol. The number of hydrogen-bond donors (Lipinski definition) is 1. The number of alkyl halides is 3. The summed E-state index contributed by atoms with van der Waals surface area (Å²) in [5.41, 5.74) is 4.68. The normalized spacial score (nSPS) is 15.4. The molecule has 2 amide bonds. The second-order valence-corrected chi connectivity index (χ2v) is 11.1. The summed E-state index contributed by atoms with van der Waals surface area (Å²) >= 11 is 1.60. The molecule has 224 valence electrons. The predicted molar refractivity (Wildman–Crippen MR) is 163 cm³/mol. The predicted octanol–water partition coefficient (Wildman–Crippen LogP) is 7.21. The van der Waals surface area contributed by atoms with E-state index in [2.05, 4.69) is 49.1 Å². The van der Waals surface area contributed by atoms with Crippen LogP contribution in [0.5, 0.6) is 5.75 Å². The molecular formula is C31H31F3N6O2S. The number of thioether (sulfide) groups is 1. The number of anilines is 1. The number of aromatic nitrogens is 3. The molecule has 5 rings (SSSR count). The molecule has 8 nitrogen and oxygen atoms in total. The van der Waals surface area contributed by atoms with Crippen LogP contribution in [0.4, 0.5) is 23.7 Å². The summed E-state index contributed by atoms with van der Waals surface area (Å²) in [5.74, 6) is 1.13. The van der Waals surface area contributed by atoms with Gasteiger partial charge < -0.3 is 15.0 Å². The fraction of sp³-hybridized carbons (Fsp3) is 0.290. The Hall–Kier alpha value is -4.32. The molecule has 1 atom stereocenters. The van der Waals surface area contributed by atoms with E-state index in [1.54, 1.807) is 11.8 Å². The number of para-hydroxylation sites is 1. The van der Waals surface area contributed by atoms with E-state index in [1.165, 1.54) is 40.8 Å². The topological polar surface area (TPSA) is 84.6 Å². The molecule has 0 aliphatic carbocycles. The van der Waals surface area contributed by atoms with Gasteiger partial charge in [0.05, 0.1) is 5.69 Å². The largest absolute Gasteiger partial charge is 0.573 e. The Morgan fingerprint density at radius 1 is 1.09 bits per heavy atom. The summed E-state index contributed by atoms with van der Waals surface area (Å²) < 4.78 is 42.6. The van der Waals surface area contributed by atoms with E-state index in [1.807, 2.05) is 43.3 Å². The van der Waals surface area contributed by atoms with Crippen LogP contribution in [0.25, 0.3) is 17.1 Å². The lowest BCUT2D eigenvalue weighted by Crippen LogP contribution is -2.36. The lowest BCUT2D eigenvalue weighted by Gasteiger charge is -2.31. The molecule has 1 unspecified atom stereocenters. The van der Waals surface area contributed by atoms with Crippen molar-refractivity contribution >= 4 is 28.6 Å². The highest BCUT2D eigenvalue weighted by Crippen LogP contribution is 2.29. The first kappa shape index (κ1) is 30.1. The van der Waals surface area contributed by atoms with Crippen molar-refractivity contribution in [3.8, 4) is 22.8 Å². The Bertz CT molecular complexity index is 1570. The smallest absolute Gasteiger partial charge is 0.406 e. The third-order valence-electron chi connectivity index (χ3n) is 6.97. The maximum Gasteiger partial charge on any atom is 0.573 e. The van der Waals surface area contributed by atoms with E-state index in [0.29, 0.717) is 18.1 Å². The average Bonchev–Trinajstić information content (AvgIpc) is 3.50. The van der Waals surface area contributed by atoms with E-state index in [4.69, 9.17) is 0 Å². The zero-order valence-corrected chi connectivity index (χ0v) is 24.5. The molecule has 0 spiro atoms. The molecule has 12 heteroatoms. The van der Waals surface area contributed by atoms with Gasteiger partial charge in [-0.1, -0.05) is 68.1 Å². The van der Waals surface area contributed by atoms with Crippen LogP contribution in [0.3, 0.4) is 0 Å². The molecule has 1 N–H and O–H groups in total. The number of halogens is 3. The number of hydrogen-bond acceptors (Lipinski definition) is 5. The highest BCUT2D eigenvalue weighted by atomic mass is 32.2. The van der Waals surface area contributed by atoms with Crippen LogP contribution in [0, 0.1) is 0 Å². The van der Waals surface area contributed by atoms with Crippen molar-refractivity contribution in [2.75, 3.05) is 23.7 Å². The molecule has 1 aromatic heterocycles. The van der Waals surface area contributed by atoms with Gasteiger partial charge in [-0.05, 0) is 60.2 Å². The summed E-state index contributed by atoms with van der Waals surface area (Å²) in [6.07, 6.45) is -1.32. The zero-order chi connectivity index (χ0) is 30.4. The minimum absolute atomic E-state index is 0.0390. The summed E-state index contributed by atoms with van der Waals surface area (Å²) in [4.78, 5) is 23.7. The molecule has 1 saturated heterocycles. The molecule has 1 aliphatic heterocycles. The fourth-order valence-corrected chi connectivity index (χ4v) is 5.66. The summed E-state index contributed by atoms with van der Waals surface area (Å²) in [6.45, 7) is 5.40. The van der Waals surface area contributed by atoms with Crippen LogP contribution in [-0.2, 0) is 6.42 Å². The number of ether oxygens (including phenoxy) is 1. The van der Waals surface area contributed by atoms with Crippen molar-refractivity contribution < 1.29 is 22.7 Å². The second kappa shape index (κ2) is 13.3. The van der Waals surface area contributed by atoms with E-state index in [-0.39, 0.29) is 17.7 Å². The van der Waals surface area contributed by atoms with Crippen molar-refractivity contribution in [1.29, 1.82) is 0 Å². The van der Waals surface area contributed by atoms with Gasteiger partial charge in [-0.2, -0.15) is 4.99 Å². The Morgan fingerprint density at radius 2 is 1.84 bits per heavy atom. The van der Waals surface area contributed by atoms with Gasteiger partial charge in [-0.25, -0.2) is 14.5 Å². The number of urea groups is 1. The molecule has 3 aromatic carbocycles. The average molecular weight is 609 g/mol. The van der Waals surface area contributed by atoms with E-state index >= 15 is 0 Å². The number of rotatable bonds is 8. The number of aryl methyl sites for hydroxylation is 1. The lowest BCUT2D eigenvalue weighted by atomic mass is 10.00. The summed E-state index contributed by atoms with van der Waals surface area (Å²) in [5, 5.41) is 8.12. The van der Waals surface area contributed by atoms with E-state index < -0.39 is 6.36 Å². The lowest BCUT2D eigenvalue weighted by molar-refractivity contribution is -0.274. The third-order valence-corrected chi connectivity index (χ3v) is 8.04. The Labute approximate surface area is 252 Å². The van der Waals surface area contributed by atoms with E-state index in [9.17, 15) is 18.0 Å². The van der Waals surface area contributed by atoms with Crippen molar-refractivity contribution in [3.05, 3.63) is 90.3 Å². The zero-order valence-electron chi connectivity index (χ0n) is 23.7. The van der Waals surface area contributed by atoms with Crippen LogP contribution in [-0.4, -0.2) is 51.2 Å². The minimum atomic E-state index is -4.75. The number of nitrogens with one attached hydrogen (secondary N) is 1. The van der Waals surface area contributed by atoms with Crippen LogP contribution in [0.2, 0.25) is 0 Å². The third kappa shape index (κ3) is 7.75. The molecule has 43 heavy (non-hydrogen) atoms. The van der Waals surface area contributed by atoms with Crippen molar-refractivity contribution in [1.82, 2.24) is 20.1 Å². The highest BCUT2D eigenvalue weighted by Gasteiger charge is 2.31. The monoisotopic (exact) mass is 608 g/mol. The maximum absolute atomic E-state index is 12.8. The van der Waals surface area contributed by atoms with Crippen LogP contribution in [0.1, 0.15) is 37.3 Å². The first-order valence-electron chi connectivity index (χ1n) is 13.9. The number of aliphatic imine (C=N–C) groups is 1. The number of amidine groups is 1. The van der Waals surface area contributed by atoms with Crippen molar-refractivity contribution in [2.24, 2.45) is 4.99 Å². The van der Waals surface area contributed by atoms with Gasteiger partial charge >= 0.3 is 12.4 Å². The van der Waals surface area contributed by atoms with Crippen LogP contribution in [0.15, 0.2) is 84.1 Å². The summed E-state index contributed by atoms with van der Waals surface area (Å²) in [6, 6.07) is 21.0. The first-order chi connectivity index (χ1) is 20.7. The van der Waals surface area contributed by atoms with Gasteiger partial charge in [-0.15, -0.1) is 18.3 Å². The minimum Gasteiger partial charge on any atom is -0.406 e. The van der Waals surface area contributed by atoms with Gasteiger partial charge in [0.1, 0.15) is 12.1 Å². The number of nitrogens with zero attached hydrogens (tertiary/aromatic N) is 5. The quantitative estimate of drug-likeness (QED) is 0.228. The Kier molecular flexibility index (Phi) is 9.34. The molecule has 0 saturated carbocycles. The SMILES string of the molecule is CCc1ccccc1N1CCCS/C1=N\C(=O)NCC(C)c1ccc(-c2ncn(-c3ccc(OC(F)(F)F)cc3)n2)cc1. The Balaban J connectivity index is 1.18. The van der Waals surface area contributed by atoms with Gasteiger partial charge in [0, 0.05) is 30.1 Å². The Morgan fingerprint density at radius 3 is 2.56 bits per heavy atom. The van der Waals surface area contributed by atoms with Gasteiger partial charge in [0.2, 0.25) is 0 Å². The standard InChI is InChI=1S/C31H31F3N6O2S/c1-3-22-7-4-5-8-27(22)39-17-6-18-43-30(39)37-29(41)35-19-21(2)23-9-11-24(12-10-23)28-36-20-40(38-28)25-13-15-26(16-14-25)42-31(32,33)34/h4-5,7-16,20-21H,3,6,17-19H2,1-2H3,(H,35,41)/b37-30-. The number of carbonyl (C=O) groups excluding carboxylic acids is 1. The molecule has 1 aliphatic rings. The number of carbonyl (C=O) groups is 1. The van der Waals surface area contributed by atoms with Crippen molar-refractivity contribution in [3.63, 3.8) is 0 Å². The molecule has 2 heterocycles. The molecule has 1 fully saturated rings. The van der Waals surface area contributed by atoms with Gasteiger partial charge in [0.25, 0.3) is 0 Å². The maximum atomic E-state index is 12.8.